The number of pyridine rings is 1. The van der Waals surface area contributed by atoms with Gasteiger partial charge in [0.15, 0.2) is 0 Å². The molecule has 0 bridgehead atoms. The molecule has 1 N–H and O–H groups in total. The number of aryl methyl sites for hydroxylation is 1. The molecule has 0 fully saturated rings. The molecule has 3 nitrogen and oxygen atoms in total. The molecule has 0 atom stereocenters. The van der Waals surface area contributed by atoms with E-state index in [-0.39, 0.29) is 11.7 Å². The summed E-state index contributed by atoms with van der Waals surface area (Å²) in [5.74, 6) is -0.615. The minimum atomic E-state index is -0.334. The number of nitrogens with one attached hydrogen (secondary N) is 1. The van der Waals surface area contributed by atoms with Crippen LogP contribution in [-0.2, 0) is 0 Å². The summed E-state index contributed by atoms with van der Waals surface area (Å²) in [7, 11) is 0. The van der Waals surface area contributed by atoms with Gasteiger partial charge in [0, 0.05) is 16.6 Å². The van der Waals surface area contributed by atoms with Crippen LogP contribution in [0.1, 0.15) is 16.1 Å². The lowest BCUT2D eigenvalue weighted by molar-refractivity contribution is 0.102. The summed E-state index contributed by atoms with van der Waals surface area (Å²) < 4.78 is 13.8. The highest BCUT2D eigenvalue weighted by Gasteiger charge is 2.12. The summed E-state index contributed by atoms with van der Waals surface area (Å²) in [4.78, 5) is 16.5. The van der Waals surface area contributed by atoms with E-state index >= 15 is 0 Å². The minimum Gasteiger partial charge on any atom is -0.321 e. The van der Waals surface area contributed by atoms with Crippen LogP contribution in [0.4, 0.5) is 10.1 Å². The van der Waals surface area contributed by atoms with Crippen molar-refractivity contribution in [2.75, 3.05) is 5.32 Å². The van der Waals surface area contributed by atoms with Gasteiger partial charge in [-0.25, -0.2) is 4.39 Å². The predicted molar refractivity (Wildman–Crippen MR) is 80.8 cm³/mol. The number of aromatic nitrogens is 1. The zero-order chi connectivity index (χ0) is 14.8. The Morgan fingerprint density at radius 1 is 1.05 bits per heavy atom. The van der Waals surface area contributed by atoms with Gasteiger partial charge in [0.1, 0.15) is 5.82 Å². The maximum atomic E-state index is 13.8. The van der Waals surface area contributed by atoms with Gasteiger partial charge in [0.2, 0.25) is 0 Å². The smallest absolute Gasteiger partial charge is 0.256 e. The molecule has 1 aromatic heterocycles. The van der Waals surface area contributed by atoms with Crippen molar-refractivity contribution in [2.24, 2.45) is 0 Å². The first-order valence-electron chi connectivity index (χ1n) is 6.56. The molecule has 0 radical (unpaired) electrons. The topological polar surface area (TPSA) is 42.0 Å². The third-order valence-electron chi connectivity index (χ3n) is 3.28. The Hall–Kier alpha value is -2.75. The van der Waals surface area contributed by atoms with E-state index < -0.39 is 0 Å². The molecule has 0 saturated carbocycles. The molecule has 3 rings (SSSR count). The van der Waals surface area contributed by atoms with Crippen LogP contribution in [0.25, 0.3) is 10.8 Å². The molecule has 0 aliphatic rings. The van der Waals surface area contributed by atoms with Crippen LogP contribution in [0, 0.1) is 12.7 Å². The predicted octanol–water partition coefficient (Wildman–Crippen LogP) is 3.93. The molecule has 0 unspecified atom stereocenters. The fourth-order valence-electron chi connectivity index (χ4n) is 2.20. The van der Waals surface area contributed by atoms with Crippen LogP contribution in [0.3, 0.4) is 0 Å². The number of carbonyl (C=O) groups excluding carboxylic acids is 1. The lowest BCUT2D eigenvalue weighted by Gasteiger charge is -2.08. The van der Waals surface area contributed by atoms with Crippen molar-refractivity contribution < 1.29 is 9.18 Å². The van der Waals surface area contributed by atoms with E-state index in [1.165, 1.54) is 12.1 Å². The normalized spacial score (nSPS) is 10.6. The average Bonchev–Trinajstić information content (AvgIpc) is 2.50. The van der Waals surface area contributed by atoms with E-state index in [0.717, 1.165) is 5.69 Å². The highest BCUT2D eigenvalue weighted by Crippen LogP contribution is 2.22. The molecule has 2 aromatic carbocycles. The van der Waals surface area contributed by atoms with Crippen LogP contribution in [0.15, 0.2) is 54.7 Å². The number of nitrogens with zero attached hydrogens (tertiary/aromatic N) is 1. The second-order valence-corrected chi connectivity index (χ2v) is 4.78. The number of hydrogen-bond acceptors (Lipinski definition) is 2. The largest absolute Gasteiger partial charge is 0.321 e. The van der Waals surface area contributed by atoms with Crippen molar-refractivity contribution in [2.45, 2.75) is 6.92 Å². The Labute approximate surface area is 121 Å². The molecule has 104 valence electrons. The van der Waals surface area contributed by atoms with E-state index in [9.17, 15) is 9.18 Å². The monoisotopic (exact) mass is 280 g/mol. The Kier molecular flexibility index (Phi) is 3.36. The molecule has 4 heteroatoms. The SMILES string of the molecule is Cc1ccc(NC(=O)c2ccc(F)c3ccccc23)cn1. The number of benzene rings is 2. The summed E-state index contributed by atoms with van der Waals surface area (Å²) in [6.45, 7) is 1.87. The van der Waals surface area contributed by atoms with Gasteiger partial charge in [-0.1, -0.05) is 24.3 Å². The number of anilines is 1. The molecular formula is C17H13FN2O. The average molecular weight is 280 g/mol. The van der Waals surface area contributed by atoms with Gasteiger partial charge in [0.05, 0.1) is 11.9 Å². The molecule has 0 aliphatic carbocycles. The van der Waals surface area contributed by atoms with E-state index in [1.807, 2.05) is 13.0 Å². The van der Waals surface area contributed by atoms with Gasteiger partial charge < -0.3 is 5.32 Å². The van der Waals surface area contributed by atoms with E-state index in [1.54, 1.807) is 36.5 Å². The van der Waals surface area contributed by atoms with Gasteiger partial charge in [-0.05, 0) is 36.6 Å². The van der Waals surface area contributed by atoms with Crippen LogP contribution in [0.2, 0.25) is 0 Å². The molecule has 0 spiro atoms. The van der Waals surface area contributed by atoms with E-state index in [4.69, 9.17) is 0 Å². The summed E-state index contributed by atoms with van der Waals surface area (Å²) >= 11 is 0. The van der Waals surface area contributed by atoms with Gasteiger partial charge in [0.25, 0.3) is 5.91 Å². The summed E-state index contributed by atoms with van der Waals surface area (Å²) in [6, 6.07) is 13.3. The molecule has 0 saturated heterocycles. The van der Waals surface area contributed by atoms with E-state index in [0.29, 0.717) is 22.0 Å². The van der Waals surface area contributed by atoms with Gasteiger partial charge in [-0.3, -0.25) is 9.78 Å². The van der Waals surface area contributed by atoms with Crippen molar-refractivity contribution in [1.82, 2.24) is 4.98 Å². The first-order chi connectivity index (χ1) is 10.1. The standard InChI is InChI=1S/C17H13FN2O/c1-11-6-7-12(10-19-11)20-17(21)15-8-9-16(18)14-5-3-2-4-13(14)15/h2-10H,1H3,(H,20,21). The third-order valence-corrected chi connectivity index (χ3v) is 3.28. The Balaban J connectivity index is 1.98. The quantitative estimate of drug-likeness (QED) is 0.772. The van der Waals surface area contributed by atoms with E-state index in [2.05, 4.69) is 10.3 Å². The molecule has 0 aliphatic heterocycles. The number of carbonyl (C=O) groups is 1. The highest BCUT2D eigenvalue weighted by atomic mass is 19.1. The van der Waals surface area contributed by atoms with Crippen molar-refractivity contribution in [1.29, 1.82) is 0 Å². The van der Waals surface area contributed by atoms with Crippen LogP contribution >= 0.6 is 0 Å². The molecule has 1 heterocycles. The van der Waals surface area contributed by atoms with Crippen molar-refractivity contribution in [3.63, 3.8) is 0 Å². The molecule has 21 heavy (non-hydrogen) atoms. The molecule has 3 aromatic rings. The third kappa shape index (κ3) is 2.60. The summed E-state index contributed by atoms with van der Waals surface area (Å²) in [6.07, 6.45) is 1.60. The number of amides is 1. The Bertz CT molecular complexity index is 813. The minimum absolute atomic E-state index is 0.281. The highest BCUT2D eigenvalue weighted by molar-refractivity contribution is 6.12. The van der Waals surface area contributed by atoms with Crippen molar-refractivity contribution in [3.8, 4) is 0 Å². The zero-order valence-electron chi connectivity index (χ0n) is 11.4. The van der Waals surface area contributed by atoms with Crippen molar-refractivity contribution >= 4 is 22.4 Å². The number of rotatable bonds is 2. The first kappa shape index (κ1) is 13.2. The number of fused-ring (bicyclic) bond motifs is 1. The number of halogens is 1. The summed E-state index contributed by atoms with van der Waals surface area (Å²) in [5, 5.41) is 3.80. The lowest BCUT2D eigenvalue weighted by Crippen LogP contribution is -2.12. The van der Waals surface area contributed by atoms with Gasteiger partial charge >= 0.3 is 0 Å². The van der Waals surface area contributed by atoms with Crippen LogP contribution < -0.4 is 5.32 Å². The molecule has 1 amide bonds. The summed E-state index contributed by atoms with van der Waals surface area (Å²) in [5.41, 5.74) is 1.92. The fourth-order valence-corrected chi connectivity index (χ4v) is 2.20. The maximum Gasteiger partial charge on any atom is 0.256 e. The lowest BCUT2D eigenvalue weighted by atomic mass is 10.0. The number of hydrogen-bond donors (Lipinski definition) is 1. The fraction of sp³-hybridized carbons (Fsp3) is 0.0588. The van der Waals surface area contributed by atoms with Crippen molar-refractivity contribution in [3.05, 3.63) is 71.8 Å². The van der Waals surface area contributed by atoms with Crippen LogP contribution in [0.5, 0.6) is 0 Å². The van der Waals surface area contributed by atoms with Gasteiger partial charge in [-0.15, -0.1) is 0 Å². The first-order valence-corrected chi connectivity index (χ1v) is 6.56. The Morgan fingerprint density at radius 2 is 1.81 bits per heavy atom. The Morgan fingerprint density at radius 3 is 2.52 bits per heavy atom. The maximum absolute atomic E-state index is 13.8. The second kappa shape index (κ2) is 5.32. The molecular weight excluding hydrogens is 267 g/mol. The van der Waals surface area contributed by atoms with Gasteiger partial charge in [-0.2, -0.15) is 0 Å². The zero-order valence-corrected chi connectivity index (χ0v) is 11.4. The van der Waals surface area contributed by atoms with Crippen LogP contribution in [-0.4, -0.2) is 10.9 Å². The second-order valence-electron chi connectivity index (χ2n) is 4.78.